The number of ether oxygens (including phenoxy) is 1. The molecule has 0 amide bonds. The molecule has 2 fully saturated rings. The second kappa shape index (κ2) is 5.87. The molecule has 2 heterocycles. The molecule has 0 aromatic carbocycles. The SMILES string of the molecule is CC1CN(CC(C)(C)N2CCNCC2)CC(C)O1. The van der Waals surface area contributed by atoms with E-state index in [4.69, 9.17) is 4.74 Å². The van der Waals surface area contributed by atoms with Gasteiger partial charge in [0.1, 0.15) is 0 Å². The summed E-state index contributed by atoms with van der Waals surface area (Å²) in [7, 11) is 0. The Labute approximate surface area is 112 Å². The third-order valence-electron chi connectivity index (χ3n) is 4.08. The van der Waals surface area contributed by atoms with Crippen molar-refractivity contribution < 1.29 is 4.74 Å². The summed E-state index contributed by atoms with van der Waals surface area (Å²) in [5, 5.41) is 3.43. The van der Waals surface area contributed by atoms with Gasteiger partial charge in [0.25, 0.3) is 0 Å². The summed E-state index contributed by atoms with van der Waals surface area (Å²) < 4.78 is 5.81. The van der Waals surface area contributed by atoms with Gasteiger partial charge in [-0.1, -0.05) is 0 Å². The van der Waals surface area contributed by atoms with Crippen LogP contribution in [-0.2, 0) is 4.74 Å². The van der Waals surface area contributed by atoms with Gasteiger partial charge in [0.05, 0.1) is 12.2 Å². The number of morpholine rings is 1. The van der Waals surface area contributed by atoms with E-state index in [1.165, 1.54) is 13.1 Å². The van der Waals surface area contributed by atoms with Crippen LogP contribution in [0.3, 0.4) is 0 Å². The van der Waals surface area contributed by atoms with Crippen LogP contribution >= 0.6 is 0 Å². The molecule has 2 aliphatic rings. The van der Waals surface area contributed by atoms with Crippen molar-refractivity contribution in [1.82, 2.24) is 15.1 Å². The van der Waals surface area contributed by atoms with Crippen molar-refractivity contribution in [3.63, 3.8) is 0 Å². The maximum Gasteiger partial charge on any atom is 0.0678 e. The van der Waals surface area contributed by atoms with Crippen LogP contribution in [-0.4, -0.2) is 73.4 Å². The van der Waals surface area contributed by atoms with Crippen molar-refractivity contribution in [1.29, 1.82) is 0 Å². The number of hydrogen-bond acceptors (Lipinski definition) is 4. The lowest BCUT2D eigenvalue weighted by Gasteiger charge is -2.46. The molecular formula is C14H29N3O. The largest absolute Gasteiger partial charge is 0.373 e. The Morgan fingerprint density at radius 1 is 1.11 bits per heavy atom. The van der Waals surface area contributed by atoms with Gasteiger partial charge in [-0.25, -0.2) is 0 Å². The van der Waals surface area contributed by atoms with Crippen molar-refractivity contribution in [2.45, 2.75) is 45.4 Å². The van der Waals surface area contributed by atoms with E-state index in [1.807, 2.05) is 0 Å². The van der Waals surface area contributed by atoms with E-state index in [9.17, 15) is 0 Å². The molecular weight excluding hydrogens is 226 g/mol. The minimum atomic E-state index is 0.263. The summed E-state index contributed by atoms with van der Waals surface area (Å²) >= 11 is 0. The van der Waals surface area contributed by atoms with Gasteiger partial charge < -0.3 is 10.1 Å². The molecule has 1 N–H and O–H groups in total. The average molecular weight is 255 g/mol. The Morgan fingerprint density at radius 3 is 2.22 bits per heavy atom. The van der Waals surface area contributed by atoms with Crippen LogP contribution in [0.5, 0.6) is 0 Å². The van der Waals surface area contributed by atoms with Crippen LogP contribution in [0.1, 0.15) is 27.7 Å². The van der Waals surface area contributed by atoms with E-state index in [0.29, 0.717) is 12.2 Å². The van der Waals surface area contributed by atoms with Crippen molar-refractivity contribution in [2.24, 2.45) is 0 Å². The summed E-state index contributed by atoms with van der Waals surface area (Å²) in [6.07, 6.45) is 0.736. The molecule has 2 unspecified atom stereocenters. The molecule has 0 aromatic heterocycles. The van der Waals surface area contributed by atoms with Gasteiger partial charge in [-0.05, 0) is 27.7 Å². The quantitative estimate of drug-likeness (QED) is 0.806. The third kappa shape index (κ3) is 3.67. The average Bonchev–Trinajstić information content (AvgIpc) is 2.28. The fourth-order valence-electron chi connectivity index (χ4n) is 3.33. The summed E-state index contributed by atoms with van der Waals surface area (Å²) in [4.78, 5) is 5.19. The molecule has 2 saturated heterocycles. The first kappa shape index (κ1) is 14.3. The molecule has 0 spiro atoms. The van der Waals surface area contributed by atoms with Crippen LogP contribution in [0.2, 0.25) is 0 Å². The number of nitrogens with one attached hydrogen (secondary N) is 1. The molecule has 2 rings (SSSR count). The first-order valence-corrected chi connectivity index (χ1v) is 7.31. The van der Waals surface area contributed by atoms with E-state index < -0.39 is 0 Å². The van der Waals surface area contributed by atoms with Gasteiger partial charge in [0.15, 0.2) is 0 Å². The van der Waals surface area contributed by atoms with E-state index in [0.717, 1.165) is 32.7 Å². The molecule has 2 aliphatic heterocycles. The van der Waals surface area contributed by atoms with E-state index in [-0.39, 0.29) is 5.54 Å². The highest BCUT2D eigenvalue weighted by atomic mass is 16.5. The van der Waals surface area contributed by atoms with Crippen LogP contribution in [0.15, 0.2) is 0 Å². The van der Waals surface area contributed by atoms with Crippen molar-refractivity contribution in [3.05, 3.63) is 0 Å². The van der Waals surface area contributed by atoms with Gasteiger partial charge in [-0.2, -0.15) is 0 Å². The Bertz CT molecular complexity index is 254. The summed E-state index contributed by atoms with van der Waals surface area (Å²) in [5.41, 5.74) is 0.263. The molecule has 4 heteroatoms. The normalized spacial score (nSPS) is 32.7. The van der Waals surface area contributed by atoms with Crippen LogP contribution in [0.25, 0.3) is 0 Å². The molecule has 4 nitrogen and oxygen atoms in total. The zero-order valence-corrected chi connectivity index (χ0v) is 12.4. The minimum absolute atomic E-state index is 0.263. The Kier molecular flexibility index (Phi) is 4.64. The summed E-state index contributed by atoms with van der Waals surface area (Å²) in [6.45, 7) is 17.0. The van der Waals surface area contributed by atoms with Gasteiger partial charge in [0.2, 0.25) is 0 Å². The molecule has 0 aromatic rings. The summed E-state index contributed by atoms with van der Waals surface area (Å²) in [6, 6.07) is 0. The second-order valence-corrected chi connectivity index (χ2v) is 6.50. The lowest BCUT2D eigenvalue weighted by atomic mass is 10.00. The minimum Gasteiger partial charge on any atom is -0.373 e. The maximum absolute atomic E-state index is 5.81. The fourth-order valence-corrected chi connectivity index (χ4v) is 3.33. The highest BCUT2D eigenvalue weighted by molar-refractivity contribution is 4.89. The molecule has 2 atom stereocenters. The second-order valence-electron chi connectivity index (χ2n) is 6.50. The van der Waals surface area contributed by atoms with Crippen LogP contribution in [0, 0.1) is 0 Å². The first-order chi connectivity index (χ1) is 8.47. The predicted molar refractivity (Wildman–Crippen MR) is 75.0 cm³/mol. The maximum atomic E-state index is 5.81. The zero-order valence-electron chi connectivity index (χ0n) is 12.4. The van der Waals surface area contributed by atoms with Crippen molar-refractivity contribution >= 4 is 0 Å². The summed E-state index contributed by atoms with van der Waals surface area (Å²) in [5.74, 6) is 0. The smallest absolute Gasteiger partial charge is 0.0678 e. The third-order valence-corrected chi connectivity index (χ3v) is 4.08. The molecule has 0 saturated carbocycles. The van der Waals surface area contributed by atoms with Crippen molar-refractivity contribution in [3.8, 4) is 0 Å². The fraction of sp³-hybridized carbons (Fsp3) is 1.00. The number of hydrogen-bond donors (Lipinski definition) is 1. The molecule has 18 heavy (non-hydrogen) atoms. The Morgan fingerprint density at radius 2 is 1.67 bits per heavy atom. The standard InChI is InChI=1S/C14H29N3O/c1-12-9-16(10-13(2)18-12)11-14(3,4)17-7-5-15-6-8-17/h12-13,15H,5-11H2,1-4H3. The molecule has 0 aliphatic carbocycles. The predicted octanol–water partition coefficient (Wildman–Crippen LogP) is 0.779. The van der Waals surface area contributed by atoms with E-state index in [2.05, 4.69) is 42.8 Å². The van der Waals surface area contributed by atoms with Gasteiger partial charge >= 0.3 is 0 Å². The Hall–Kier alpha value is -0.160. The lowest BCUT2D eigenvalue weighted by Crippen LogP contribution is -2.59. The van der Waals surface area contributed by atoms with Gasteiger partial charge in [-0.15, -0.1) is 0 Å². The highest BCUT2D eigenvalue weighted by Gasteiger charge is 2.32. The Balaban J connectivity index is 1.89. The lowest BCUT2D eigenvalue weighted by molar-refractivity contribution is -0.0802. The van der Waals surface area contributed by atoms with Crippen LogP contribution in [0.4, 0.5) is 0 Å². The number of piperazine rings is 1. The highest BCUT2D eigenvalue weighted by Crippen LogP contribution is 2.20. The van der Waals surface area contributed by atoms with E-state index in [1.54, 1.807) is 0 Å². The molecule has 106 valence electrons. The zero-order chi connectivity index (χ0) is 13.2. The van der Waals surface area contributed by atoms with Crippen molar-refractivity contribution in [2.75, 3.05) is 45.8 Å². The van der Waals surface area contributed by atoms with Gasteiger partial charge in [0, 0.05) is 51.4 Å². The van der Waals surface area contributed by atoms with Gasteiger partial charge in [-0.3, -0.25) is 9.80 Å². The van der Waals surface area contributed by atoms with E-state index >= 15 is 0 Å². The van der Waals surface area contributed by atoms with Crippen LogP contribution < -0.4 is 5.32 Å². The topological polar surface area (TPSA) is 27.7 Å². The number of rotatable bonds is 3. The number of nitrogens with zero attached hydrogens (tertiary/aromatic N) is 2. The molecule has 0 radical (unpaired) electrons. The monoisotopic (exact) mass is 255 g/mol. The molecule has 0 bridgehead atoms. The first-order valence-electron chi connectivity index (χ1n) is 7.31.